The van der Waals surface area contributed by atoms with Crippen LogP contribution < -0.4 is 5.32 Å². The zero-order valence-electron chi connectivity index (χ0n) is 18.4. The van der Waals surface area contributed by atoms with Crippen LogP contribution in [0.15, 0.2) is 64.3 Å². The van der Waals surface area contributed by atoms with Crippen molar-refractivity contribution in [3.63, 3.8) is 0 Å². The van der Waals surface area contributed by atoms with E-state index in [-0.39, 0.29) is 11.7 Å². The molecular formula is C25H25NO5S. The van der Waals surface area contributed by atoms with Crippen LogP contribution in [0.3, 0.4) is 0 Å². The molecule has 1 aliphatic carbocycles. The van der Waals surface area contributed by atoms with Gasteiger partial charge in [0.25, 0.3) is 0 Å². The van der Waals surface area contributed by atoms with E-state index in [1.165, 1.54) is 25.6 Å². The van der Waals surface area contributed by atoms with Crippen LogP contribution in [0, 0.1) is 12.8 Å². The Kier molecular flexibility index (Phi) is 6.02. The summed E-state index contributed by atoms with van der Waals surface area (Å²) in [6.45, 7) is 3.76. The molecule has 6 nitrogen and oxygen atoms in total. The predicted molar refractivity (Wildman–Crippen MR) is 121 cm³/mol. The smallest absolute Gasteiger partial charge is 0.336 e. The van der Waals surface area contributed by atoms with Gasteiger partial charge in [0.2, 0.25) is 0 Å². The van der Waals surface area contributed by atoms with E-state index in [4.69, 9.17) is 9.47 Å². The summed E-state index contributed by atoms with van der Waals surface area (Å²) >= 11 is 1.52. The number of ether oxygens (including phenoxy) is 2. The number of benzene rings is 1. The van der Waals surface area contributed by atoms with Gasteiger partial charge in [-0.25, -0.2) is 4.79 Å². The lowest BCUT2D eigenvalue weighted by Gasteiger charge is -2.39. The maximum absolute atomic E-state index is 14.0. The lowest BCUT2D eigenvalue weighted by molar-refractivity contribution is -0.149. The normalized spacial score (nSPS) is 22.9. The maximum atomic E-state index is 14.0. The Hall–Kier alpha value is -3.19. The van der Waals surface area contributed by atoms with E-state index in [2.05, 4.69) is 5.32 Å². The number of esters is 2. The second-order valence-electron chi connectivity index (χ2n) is 8.03. The fourth-order valence-corrected chi connectivity index (χ4v) is 5.67. The minimum absolute atomic E-state index is 0.314. The van der Waals surface area contributed by atoms with Gasteiger partial charge in [-0.3, -0.25) is 9.59 Å². The van der Waals surface area contributed by atoms with E-state index in [9.17, 15) is 14.4 Å². The minimum atomic E-state index is -0.969. The van der Waals surface area contributed by atoms with Gasteiger partial charge in [0, 0.05) is 33.7 Å². The number of rotatable bonds is 4. The summed E-state index contributed by atoms with van der Waals surface area (Å²) in [6, 6.07) is 11.5. The first-order chi connectivity index (χ1) is 15.4. The van der Waals surface area contributed by atoms with Crippen molar-refractivity contribution in [2.75, 3.05) is 14.2 Å². The highest BCUT2D eigenvalue weighted by molar-refractivity contribution is 7.10. The SMILES string of the molecule is COC(=O)C1=C(C)NC2=C(C(=O)[C@H](C(=O)OC)[C@@H](c3cccs3)C2)[C@@H]1c1ccccc1C. The van der Waals surface area contributed by atoms with Crippen LogP contribution in [0.4, 0.5) is 0 Å². The van der Waals surface area contributed by atoms with Crippen LogP contribution in [-0.4, -0.2) is 31.9 Å². The second-order valence-corrected chi connectivity index (χ2v) is 9.01. The highest BCUT2D eigenvalue weighted by Gasteiger charge is 2.49. The number of carbonyl (C=O) groups excluding carboxylic acids is 3. The van der Waals surface area contributed by atoms with Crippen LogP contribution in [0.2, 0.25) is 0 Å². The zero-order valence-corrected chi connectivity index (χ0v) is 19.2. The third kappa shape index (κ3) is 3.56. The number of hydrogen-bond donors (Lipinski definition) is 1. The Morgan fingerprint density at radius 3 is 2.44 bits per heavy atom. The molecule has 0 bridgehead atoms. The zero-order chi connectivity index (χ0) is 23.0. The summed E-state index contributed by atoms with van der Waals surface area (Å²) in [6.07, 6.45) is 0.468. The van der Waals surface area contributed by atoms with Crippen molar-refractivity contribution >= 4 is 29.1 Å². The molecule has 0 saturated carbocycles. The van der Waals surface area contributed by atoms with Gasteiger partial charge in [-0.1, -0.05) is 30.3 Å². The summed E-state index contributed by atoms with van der Waals surface area (Å²) in [4.78, 5) is 40.6. The first-order valence-corrected chi connectivity index (χ1v) is 11.3. The quantitative estimate of drug-likeness (QED) is 0.559. The summed E-state index contributed by atoms with van der Waals surface area (Å²) in [5, 5.41) is 5.23. The molecule has 1 aliphatic heterocycles. The number of allylic oxidation sites excluding steroid dienone is 3. The van der Waals surface area contributed by atoms with Gasteiger partial charge < -0.3 is 14.8 Å². The molecule has 2 aliphatic rings. The Bertz CT molecular complexity index is 1140. The van der Waals surface area contributed by atoms with Crippen molar-refractivity contribution in [1.82, 2.24) is 5.32 Å². The minimum Gasteiger partial charge on any atom is -0.468 e. The molecule has 2 heterocycles. The van der Waals surface area contributed by atoms with Crippen LogP contribution in [0.25, 0.3) is 0 Å². The number of hydrogen-bond acceptors (Lipinski definition) is 7. The highest BCUT2D eigenvalue weighted by Crippen LogP contribution is 2.49. The summed E-state index contributed by atoms with van der Waals surface area (Å²) in [5.41, 5.74) is 4.00. The molecule has 0 amide bonds. The average Bonchev–Trinajstić information content (AvgIpc) is 3.32. The fourth-order valence-electron chi connectivity index (χ4n) is 4.80. The molecule has 0 unspecified atom stereocenters. The molecule has 0 spiro atoms. The molecule has 0 radical (unpaired) electrons. The maximum Gasteiger partial charge on any atom is 0.336 e. The number of carbonyl (C=O) groups is 3. The van der Waals surface area contributed by atoms with Crippen molar-refractivity contribution < 1.29 is 23.9 Å². The molecular weight excluding hydrogens is 426 g/mol. The van der Waals surface area contributed by atoms with Gasteiger partial charge in [-0.05, 0) is 42.8 Å². The fraction of sp³-hybridized carbons (Fsp3) is 0.320. The first kappa shape index (κ1) is 22.0. The van der Waals surface area contributed by atoms with E-state index >= 15 is 0 Å². The molecule has 3 atom stereocenters. The van der Waals surface area contributed by atoms with Gasteiger partial charge in [0.05, 0.1) is 19.8 Å². The average molecular weight is 452 g/mol. The van der Waals surface area contributed by atoms with E-state index < -0.39 is 23.8 Å². The van der Waals surface area contributed by atoms with E-state index in [1.54, 1.807) is 0 Å². The number of methoxy groups -OCH3 is 2. The van der Waals surface area contributed by atoms with Gasteiger partial charge >= 0.3 is 11.9 Å². The van der Waals surface area contributed by atoms with Crippen LogP contribution >= 0.6 is 11.3 Å². The largest absolute Gasteiger partial charge is 0.468 e. The summed E-state index contributed by atoms with van der Waals surface area (Å²) in [5.74, 6) is -3.30. The van der Waals surface area contributed by atoms with Gasteiger partial charge in [0.1, 0.15) is 5.92 Å². The number of ketones is 1. The number of Topliss-reactive ketones (excluding diaryl/α,β-unsaturated/α-hetero) is 1. The van der Waals surface area contributed by atoms with Crippen LogP contribution in [0.5, 0.6) is 0 Å². The number of nitrogens with one attached hydrogen (secondary N) is 1. The Morgan fingerprint density at radius 1 is 1.06 bits per heavy atom. The molecule has 32 heavy (non-hydrogen) atoms. The predicted octanol–water partition coefficient (Wildman–Crippen LogP) is 3.99. The standard InChI is InChI=1S/C25H25NO5S/c1-13-8-5-6-9-15(13)20-19(24(28)30-3)14(2)26-17-12-16(18-10-7-11-32-18)21(25(29)31-4)23(27)22(17)20/h5-11,16,20-21,26H,12H2,1-4H3/t16-,20-,21-/m1/s1. The lowest BCUT2D eigenvalue weighted by Crippen LogP contribution is -2.43. The Balaban J connectivity index is 1.93. The third-order valence-corrected chi connectivity index (χ3v) is 7.29. The van der Waals surface area contributed by atoms with Crippen LogP contribution in [-0.2, 0) is 23.9 Å². The van der Waals surface area contributed by atoms with Crippen molar-refractivity contribution in [3.8, 4) is 0 Å². The van der Waals surface area contributed by atoms with Gasteiger partial charge in [0.15, 0.2) is 5.78 Å². The molecule has 166 valence electrons. The van der Waals surface area contributed by atoms with Crippen molar-refractivity contribution in [2.45, 2.75) is 32.1 Å². The molecule has 0 fully saturated rings. The summed E-state index contributed by atoms with van der Waals surface area (Å²) in [7, 11) is 2.63. The number of aryl methyl sites for hydroxylation is 1. The monoisotopic (exact) mass is 451 g/mol. The molecule has 1 aromatic carbocycles. The molecule has 1 N–H and O–H groups in total. The van der Waals surface area contributed by atoms with Crippen molar-refractivity contribution in [2.24, 2.45) is 5.92 Å². The second kappa shape index (κ2) is 8.74. The van der Waals surface area contributed by atoms with E-state index in [1.807, 2.05) is 55.6 Å². The van der Waals surface area contributed by atoms with Gasteiger partial charge in [-0.2, -0.15) is 0 Å². The molecule has 7 heteroatoms. The van der Waals surface area contributed by atoms with E-state index in [0.29, 0.717) is 23.3 Å². The Labute approximate surface area is 190 Å². The van der Waals surface area contributed by atoms with Crippen molar-refractivity contribution in [1.29, 1.82) is 0 Å². The first-order valence-electron chi connectivity index (χ1n) is 10.4. The van der Waals surface area contributed by atoms with E-state index in [0.717, 1.165) is 21.7 Å². The molecule has 1 aromatic heterocycles. The Morgan fingerprint density at radius 2 is 1.81 bits per heavy atom. The topological polar surface area (TPSA) is 81.7 Å². The highest BCUT2D eigenvalue weighted by atomic mass is 32.1. The molecule has 4 rings (SSSR count). The lowest BCUT2D eigenvalue weighted by atomic mass is 9.68. The van der Waals surface area contributed by atoms with Crippen molar-refractivity contribution in [3.05, 3.63) is 80.3 Å². The third-order valence-electron chi connectivity index (χ3n) is 6.29. The molecule has 2 aromatic rings. The summed E-state index contributed by atoms with van der Waals surface area (Å²) < 4.78 is 10.1. The number of thiophene rings is 1. The molecule has 0 saturated heterocycles. The number of dihydropyridines is 1. The van der Waals surface area contributed by atoms with Gasteiger partial charge in [-0.15, -0.1) is 11.3 Å². The van der Waals surface area contributed by atoms with Crippen LogP contribution in [0.1, 0.15) is 41.2 Å².